The molecule has 0 bridgehead atoms. The Hall–Kier alpha value is -1.71. The van der Waals surface area contributed by atoms with Gasteiger partial charge in [0.1, 0.15) is 11.6 Å². The Balaban J connectivity index is 2.01. The zero-order valence-electron chi connectivity index (χ0n) is 12.3. The fourth-order valence-corrected chi connectivity index (χ4v) is 2.27. The third kappa shape index (κ3) is 3.24. The molecule has 20 heavy (non-hydrogen) atoms. The predicted molar refractivity (Wildman–Crippen MR) is 76.6 cm³/mol. The summed E-state index contributed by atoms with van der Waals surface area (Å²) in [5, 5.41) is 20.6. The highest BCUT2D eigenvalue weighted by Gasteiger charge is 2.20. The number of rotatable bonds is 4. The van der Waals surface area contributed by atoms with Crippen LogP contribution in [0.15, 0.2) is 0 Å². The van der Waals surface area contributed by atoms with E-state index in [0.717, 1.165) is 37.5 Å². The summed E-state index contributed by atoms with van der Waals surface area (Å²) in [6, 6.07) is 2.20. The van der Waals surface area contributed by atoms with Crippen molar-refractivity contribution in [3.05, 3.63) is 16.8 Å². The molecule has 0 spiro atoms. The second-order valence-corrected chi connectivity index (χ2v) is 5.01. The van der Waals surface area contributed by atoms with E-state index in [-0.39, 0.29) is 6.10 Å². The summed E-state index contributed by atoms with van der Waals surface area (Å²) in [7, 11) is 0. The number of anilines is 1. The lowest BCUT2D eigenvalue weighted by molar-refractivity contribution is -0.0192. The average Bonchev–Trinajstić information content (AvgIpc) is 2.48. The maximum atomic E-state index is 9.24. The molecule has 6 heteroatoms. The van der Waals surface area contributed by atoms with E-state index in [1.54, 1.807) is 0 Å². The van der Waals surface area contributed by atoms with Crippen molar-refractivity contribution in [2.75, 3.05) is 38.1 Å². The van der Waals surface area contributed by atoms with E-state index in [1.807, 2.05) is 13.8 Å². The van der Waals surface area contributed by atoms with E-state index in [9.17, 15) is 5.26 Å². The minimum absolute atomic E-state index is 0.124. The van der Waals surface area contributed by atoms with Gasteiger partial charge >= 0.3 is 0 Å². The molecule has 1 fully saturated rings. The predicted octanol–water partition coefficient (Wildman–Crippen LogP) is 1.10. The molecule has 6 nitrogen and oxygen atoms in total. The van der Waals surface area contributed by atoms with Crippen molar-refractivity contribution in [3.63, 3.8) is 0 Å². The van der Waals surface area contributed by atoms with Crippen molar-refractivity contribution in [2.24, 2.45) is 0 Å². The summed E-state index contributed by atoms with van der Waals surface area (Å²) >= 11 is 0. The highest BCUT2D eigenvalue weighted by molar-refractivity contribution is 5.55. The molecule has 1 aromatic heterocycles. The number of aryl methyl sites for hydroxylation is 1. The Morgan fingerprint density at radius 3 is 2.95 bits per heavy atom. The van der Waals surface area contributed by atoms with Gasteiger partial charge in [0.15, 0.2) is 5.82 Å². The Kier molecular flexibility index (Phi) is 4.88. The number of hydrogen-bond acceptors (Lipinski definition) is 6. The van der Waals surface area contributed by atoms with Crippen LogP contribution in [-0.4, -0.2) is 54.0 Å². The Morgan fingerprint density at radius 2 is 2.25 bits per heavy atom. The number of aromatic nitrogens is 2. The first-order valence-electron chi connectivity index (χ1n) is 6.97. The molecule has 1 unspecified atom stereocenters. The van der Waals surface area contributed by atoms with Crippen LogP contribution in [0.3, 0.4) is 0 Å². The van der Waals surface area contributed by atoms with E-state index in [0.29, 0.717) is 17.9 Å². The maximum Gasteiger partial charge on any atom is 0.167 e. The molecule has 2 heterocycles. The monoisotopic (exact) mass is 275 g/mol. The molecule has 0 amide bonds. The van der Waals surface area contributed by atoms with Gasteiger partial charge < -0.3 is 10.1 Å². The second kappa shape index (κ2) is 6.64. The topological polar surface area (TPSA) is 74.1 Å². The maximum absolute atomic E-state index is 9.24. The minimum Gasteiger partial charge on any atom is -0.374 e. The van der Waals surface area contributed by atoms with Crippen LogP contribution in [0.2, 0.25) is 0 Å². The van der Waals surface area contributed by atoms with Crippen molar-refractivity contribution in [3.8, 4) is 6.07 Å². The van der Waals surface area contributed by atoms with Crippen LogP contribution in [-0.2, 0) is 4.74 Å². The van der Waals surface area contributed by atoms with Gasteiger partial charge in [-0.15, -0.1) is 5.10 Å². The molecule has 1 N–H and O–H groups in total. The van der Waals surface area contributed by atoms with Crippen LogP contribution in [0.4, 0.5) is 5.82 Å². The first kappa shape index (κ1) is 14.7. The zero-order chi connectivity index (χ0) is 14.5. The summed E-state index contributed by atoms with van der Waals surface area (Å²) in [5.41, 5.74) is 2.24. The van der Waals surface area contributed by atoms with E-state index in [4.69, 9.17) is 4.74 Å². The highest BCUT2D eigenvalue weighted by Crippen LogP contribution is 2.17. The van der Waals surface area contributed by atoms with E-state index in [2.05, 4.69) is 33.4 Å². The molecule has 0 radical (unpaired) electrons. The first-order valence-corrected chi connectivity index (χ1v) is 6.97. The lowest BCUT2D eigenvalue weighted by atomic mass is 10.1. The van der Waals surface area contributed by atoms with E-state index in [1.165, 1.54) is 0 Å². The van der Waals surface area contributed by atoms with E-state index < -0.39 is 0 Å². The van der Waals surface area contributed by atoms with Crippen LogP contribution < -0.4 is 5.32 Å². The largest absolute Gasteiger partial charge is 0.374 e. The van der Waals surface area contributed by atoms with Gasteiger partial charge in [0.05, 0.1) is 18.4 Å². The zero-order valence-corrected chi connectivity index (χ0v) is 12.3. The number of hydrogen-bond donors (Lipinski definition) is 1. The van der Waals surface area contributed by atoms with Crippen molar-refractivity contribution in [2.45, 2.75) is 26.9 Å². The molecule has 0 aromatic carbocycles. The Morgan fingerprint density at radius 1 is 1.45 bits per heavy atom. The normalized spacial score (nSPS) is 19.6. The molecule has 0 saturated carbocycles. The lowest BCUT2D eigenvalue weighted by Crippen LogP contribution is -2.45. The van der Waals surface area contributed by atoms with Crippen LogP contribution in [0.5, 0.6) is 0 Å². The third-order valence-corrected chi connectivity index (χ3v) is 3.73. The average molecular weight is 275 g/mol. The van der Waals surface area contributed by atoms with Crippen LogP contribution >= 0.6 is 0 Å². The molecule has 1 saturated heterocycles. The molecular weight excluding hydrogens is 254 g/mol. The minimum atomic E-state index is 0.124. The number of morpholine rings is 1. The SMILES string of the molecule is CCN1CCOC(CNc2nnc(C)c(C)c2C#N)C1. The van der Waals surface area contributed by atoms with Crippen molar-refractivity contribution in [1.82, 2.24) is 15.1 Å². The standard InChI is InChI=1S/C14H21N5O/c1-4-19-5-6-20-12(9-19)8-16-14-13(7-15)10(2)11(3)17-18-14/h12H,4-6,8-9H2,1-3H3,(H,16,18). The smallest absolute Gasteiger partial charge is 0.167 e. The first-order chi connectivity index (χ1) is 9.65. The Labute approximate surface area is 119 Å². The number of nitriles is 1. The van der Waals surface area contributed by atoms with Gasteiger partial charge in [-0.05, 0) is 26.0 Å². The summed E-state index contributed by atoms with van der Waals surface area (Å²) in [6.07, 6.45) is 0.124. The highest BCUT2D eigenvalue weighted by atomic mass is 16.5. The summed E-state index contributed by atoms with van der Waals surface area (Å²) < 4.78 is 5.72. The van der Waals surface area contributed by atoms with Crippen LogP contribution in [0, 0.1) is 25.2 Å². The number of nitrogens with one attached hydrogen (secondary N) is 1. The number of ether oxygens (including phenoxy) is 1. The molecule has 0 aliphatic carbocycles. The molecule has 1 aliphatic rings. The van der Waals surface area contributed by atoms with Crippen molar-refractivity contribution >= 4 is 5.82 Å². The van der Waals surface area contributed by atoms with Gasteiger partial charge in [-0.25, -0.2) is 0 Å². The van der Waals surface area contributed by atoms with Gasteiger partial charge in [0.2, 0.25) is 0 Å². The summed E-state index contributed by atoms with van der Waals surface area (Å²) in [5.74, 6) is 0.549. The van der Waals surface area contributed by atoms with E-state index >= 15 is 0 Å². The van der Waals surface area contributed by atoms with Gasteiger partial charge in [-0.2, -0.15) is 10.4 Å². The Bertz CT molecular complexity index is 511. The van der Waals surface area contributed by atoms with Crippen LogP contribution in [0.25, 0.3) is 0 Å². The summed E-state index contributed by atoms with van der Waals surface area (Å²) in [6.45, 7) is 10.2. The van der Waals surface area contributed by atoms with Crippen molar-refractivity contribution < 1.29 is 4.74 Å². The van der Waals surface area contributed by atoms with Gasteiger partial charge in [-0.1, -0.05) is 6.92 Å². The second-order valence-electron chi connectivity index (χ2n) is 5.01. The van der Waals surface area contributed by atoms with Gasteiger partial charge in [0, 0.05) is 19.6 Å². The summed E-state index contributed by atoms with van der Waals surface area (Å²) in [4.78, 5) is 2.35. The number of nitrogens with zero attached hydrogens (tertiary/aromatic N) is 4. The van der Waals surface area contributed by atoms with Crippen LogP contribution in [0.1, 0.15) is 23.7 Å². The lowest BCUT2D eigenvalue weighted by Gasteiger charge is -2.32. The quantitative estimate of drug-likeness (QED) is 0.887. The fraction of sp³-hybridized carbons (Fsp3) is 0.643. The molecular formula is C14H21N5O. The third-order valence-electron chi connectivity index (χ3n) is 3.73. The molecule has 1 aliphatic heterocycles. The fourth-order valence-electron chi connectivity index (χ4n) is 2.27. The molecule has 2 rings (SSSR count). The van der Waals surface area contributed by atoms with Crippen molar-refractivity contribution in [1.29, 1.82) is 5.26 Å². The van der Waals surface area contributed by atoms with Gasteiger partial charge in [-0.3, -0.25) is 4.90 Å². The number of likely N-dealkylation sites (N-methyl/N-ethyl adjacent to an activating group) is 1. The molecule has 1 aromatic rings. The molecule has 108 valence electrons. The molecule has 1 atom stereocenters. The van der Waals surface area contributed by atoms with Gasteiger partial charge in [0.25, 0.3) is 0 Å².